The number of carbonyl (C=O) groups is 2. The Morgan fingerprint density at radius 2 is 1.86 bits per heavy atom. The molecular formula is C27H34N4O4S2. The van der Waals surface area contributed by atoms with Gasteiger partial charge in [0.25, 0.3) is 0 Å². The van der Waals surface area contributed by atoms with Crippen molar-refractivity contribution in [3.8, 4) is 5.75 Å². The molecule has 0 saturated carbocycles. The topological polar surface area (TPSA) is 95.3 Å². The minimum atomic E-state index is -0.367. The highest BCUT2D eigenvalue weighted by Crippen LogP contribution is 2.39. The molecule has 1 aliphatic carbocycles. The first-order chi connectivity index (χ1) is 17.8. The number of fused-ring (bicyclic) bond motifs is 1. The molecule has 0 spiro atoms. The molecule has 10 heteroatoms. The minimum absolute atomic E-state index is 0.140. The van der Waals surface area contributed by atoms with Crippen molar-refractivity contribution in [3.63, 3.8) is 0 Å². The predicted molar refractivity (Wildman–Crippen MR) is 147 cm³/mol. The lowest BCUT2D eigenvalue weighted by molar-refractivity contribution is -0.113. The summed E-state index contributed by atoms with van der Waals surface area (Å²) in [7, 11) is 1.86. The van der Waals surface area contributed by atoms with Crippen LogP contribution in [0, 0.1) is 0 Å². The second kappa shape index (κ2) is 12.1. The van der Waals surface area contributed by atoms with Gasteiger partial charge >= 0.3 is 5.97 Å². The highest BCUT2D eigenvalue weighted by atomic mass is 32.2. The molecule has 0 aliphatic heterocycles. The molecule has 0 radical (unpaired) electrons. The van der Waals surface area contributed by atoms with Crippen molar-refractivity contribution in [1.29, 1.82) is 0 Å². The molecule has 1 unspecified atom stereocenters. The Kier molecular flexibility index (Phi) is 8.91. The van der Waals surface area contributed by atoms with Gasteiger partial charge in [0.1, 0.15) is 10.8 Å². The number of aromatic nitrogens is 3. The van der Waals surface area contributed by atoms with Crippen molar-refractivity contribution in [1.82, 2.24) is 14.8 Å². The van der Waals surface area contributed by atoms with Gasteiger partial charge in [0.15, 0.2) is 17.1 Å². The van der Waals surface area contributed by atoms with E-state index >= 15 is 0 Å². The van der Waals surface area contributed by atoms with E-state index in [0.29, 0.717) is 21.5 Å². The molecule has 0 saturated heterocycles. The average molecular weight is 543 g/mol. The van der Waals surface area contributed by atoms with Crippen LogP contribution in [-0.4, -0.2) is 38.5 Å². The number of nitrogens with zero attached hydrogens (tertiary/aromatic N) is 3. The summed E-state index contributed by atoms with van der Waals surface area (Å²) in [6.07, 6.45) is 4.34. The van der Waals surface area contributed by atoms with Crippen LogP contribution in [0.1, 0.15) is 78.8 Å². The van der Waals surface area contributed by atoms with E-state index in [2.05, 4.69) is 34.6 Å². The van der Waals surface area contributed by atoms with Crippen LogP contribution < -0.4 is 10.1 Å². The molecule has 1 amide bonds. The van der Waals surface area contributed by atoms with Crippen LogP contribution in [0.3, 0.4) is 0 Å². The van der Waals surface area contributed by atoms with Gasteiger partial charge < -0.3 is 19.4 Å². The maximum Gasteiger partial charge on any atom is 0.341 e. The molecule has 0 bridgehead atoms. The van der Waals surface area contributed by atoms with Gasteiger partial charge in [0, 0.05) is 11.9 Å². The zero-order valence-corrected chi connectivity index (χ0v) is 23.6. The van der Waals surface area contributed by atoms with Gasteiger partial charge in [-0.3, -0.25) is 4.79 Å². The number of anilines is 1. The average Bonchev–Trinajstić information content (AvgIpc) is 3.42. The largest absolute Gasteiger partial charge is 0.483 e. The molecule has 1 atom stereocenters. The van der Waals surface area contributed by atoms with Crippen LogP contribution in [0.5, 0.6) is 5.75 Å². The highest BCUT2D eigenvalue weighted by Gasteiger charge is 2.28. The monoisotopic (exact) mass is 542 g/mol. The molecule has 3 aromatic rings. The van der Waals surface area contributed by atoms with Crippen LogP contribution in [0.2, 0.25) is 0 Å². The number of rotatable bonds is 10. The van der Waals surface area contributed by atoms with Crippen molar-refractivity contribution < 1.29 is 19.1 Å². The van der Waals surface area contributed by atoms with Crippen LogP contribution >= 0.6 is 23.1 Å². The van der Waals surface area contributed by atoms with Crippen LogP contribution in [0.4, 0.5) is 5.00 Å². The van der Waals surface area contributed by atoms with Gasteiger partial charge in [-0.2, -0.15) is 0 Å². The van der Waals surface area contributed by atoms with Gasteiger partial charge in [0.05, 0.1) is 17.4 Å². The molecule has 198 valence electrons. The lowest BCUT2D eigenvalue weighted by Crippen LogP contribution is -2.19. The zero-order chi connectivity index (χ0) is 26.5. The van der Waals surface area contributed by atoms with Gasteiger partial charge in [-0.15, -0.1) is 21.5 Å². The molecule has 4 rings (SSSR count). The van der Waals surface area contributed by atoms with Crippen molar-refractivity contribution >= 4 is 40.0 Å². The van der Waals surface area contributed by atoms with Gasteiger partial charge in [-0.05, 0) is 76.1 Å². The molecule has 1 aliphatic rings. The lowest BCUT2D eigenvalue weighted by Gasteiger charge is -2.14. The van der Waals surface area contributed by atoms with Gasteiger partial charge in [-0.1, -0.05) is 30.8 Å². The van der Waals surface area contributed by atoms with Crippen molar-refractivity contribution in [2.24, 2.45) is 7.05 Å². The molecule has 1 N–H and O–H groups in total. The molecule has 1 aromatic carbocycles. The summed E-state index contributed by atoms with van der Waals surface area (Å²) in [5.74, 6) is 1.01. The number of thiophene rings is 1. The van der Waals surface area contributed by atoms with E-state index in [1.165, 1.54) is 33.5 Å². The highest BCUT2D eigenvalue weighted by molar-refractivity contribution is 7.99. The fourth-order valence-corrected chi connectivity index (χ4v) is 6.31. The Balaban J connectivity index is 1.39. The molecule has 2 heterocycles. The summed E-state index contributed by atoms with van der Waals surface area (Å²) in [5.41, 5.74) is 2.80. The number of thioether (sulfide) groups is 1. The van der Waals surface area contributed by atoms with E-state index in [0.717, 1.165) is 43.4 Å². The van der Waals surface area contributed by atoms with Gasteiger partial charge in [-0.25, -0.2) is 4.79 Å². The van der Waals surface area contributed by atoms with Crippen LogP contribution in [0.15, 0.2) is 29.4 Å². The standard InChI is InChI=1S/C27H34N4O4S2/c1-6-18-11-13-19(14-12-18)35-17(4)24-29-30-27(31(24)5)36-15-22(32)28-25-23(26(33)34-16(2)3)20-9-7-8-10-21(20)37-25/h11-14,16-17H,6-10,15H2,1-5H3,(H,28,32). The Labute approximate surface area is 226 Å². The third-order valence-corrected chi connectivity index (χ3v) is 8.41. The fourth-order valence-electron chi connectivity index (χ4n) is 4.30. The summed E-state index contributed by atoms with van der Waals surface area (Å²) in [5, 5.41) is 12.7. The van der Waals surface area contributed by atoms with Crippen molar-refractivity contribution in [3.05, 3.63) is 51.7 Å². The van der Waals surface area contributed by atoms with E-state index in [1.54, 1.807) is 0 Å². The number of benzene rings is 1. The number of hydrogen-bond donors (Lipinski definition) is 1. The van der Waals surface area contributed by atoms with E-state index in [-0.39, 0.29) is 29.8 Å². The number of amides is 1. The van der Waals surface area contributed by atoms with E-state index < -0.39 is 0 Å². The smallest absolute Gasteiger partial charge is 0.341 e. The van der Waals surface area contributed by atoms with Crippen LogP contribution in [0.25, 0.3) is 0 Å². The number of nitrogens with one attached hydrogen (secondary N) is 1. The Hall–Kier alpha value is -2.85. The van der Waals surface area contributed by atoms with E-state index in [4.69, 9.17) is 9.47 Å². The second-order valence-corrected chi connectivity index (χ2v) is 11.4. The number of hydrogen-bond acceptors (Lipinski definition) is 8. The third-order valence-electron chi connectivity index (χ3n) is 6.18. The maximum atomic E-state index is 12.9. The summed E-state index contributed by atoms with van der Waals surface area (Å²) < 4.78 is 13.4. The predicted octanol–water partition coefficient (Wildman–Crippen LogP) is 5.75. The minimum Gasteiger partial charge on any atom is -0.483 e. The summed E-state index contributed by atoms with van der Waals surface area (Å²) in [4.78, 5) is 26.9. The normalized spacial score (nSPS) is 13.8. The molecule has 8 nitrogen and oxygen atoms in total. The quantitative estimate of drug-likeness (QED) is 0.257. The summed E-state index contributed by atoms with van der Waals surface area (Å²) in [6.45, 7) is 7.70. The Morgan fingerprint density at radius 3 is 2.57 bits per heavy atom. The van der Waals surface area contributed by atoms with Crippen LogP contribution in [-0.2, 0) is 35.8 Å². The Morgan fingerprint density at radius 1 is 1.14 bits per heavy atom. The zero-order valence-electron chi connectivity index (χ0n) is 22.0. The second-order valence-electron chi connectivity index (χ2n) is 9.36. The van der Waals surface area contributed by atoms with Crippen molar-refractivity contribution in [2.45, 2.75) is 77.2 Å². The first-order valence-electron chi connectivity index (χ1n) is 12.7. The van der Waals surface area contributed by atoms with E-state index in [9.17, 15) is 9.59 Å². The summed E-state index contributed by atoms with van der Waals surface area (Å²) in [6, 6.07) is 8.02. The first-order valence-corrected chi connectivity index (χ1v) is 14.5. The Bertz CT molecular complexity index is 1250. The molecule has 2 aromatic heterocycles. The number of carbonyl (C=O) groups excluding carboxylic acids is 2. The van der Waals surface area contributed by atoms with E-state index in [1.807, 2.05) is 44.5 Å². The fraction of sp³-hybridized carbons (Fsp3) is 0.481. The number of ether oxygens (including phenoxy) is 2. The third kappa shape index (κ3) is 6.54. The summed E-state index contributed by atoms with van der Waals surface area (Å²) >= 11 is 2.78. The lowest BCUT2D eigenvalue weighted by atomic mass is 9.95. The molecule has 37 heavy (non-hydrogen) atoms. The maximum absolute atomic E-state index is 12.9. The molecule has 0 fully saturated rings. The first kappa shape index (κ1) is 27.2. The SMILES string of the molecule is CCc1ccc(OC(C)c2nnc(SCC(=O)Nc3sc4c(c3C(=O)OC(C)C)CCCC4)n2C)cc1. The number of esters is 1. The van der Waals surface area contributed by atoms with Gasteiger partial charge in [0.2, 0.25) is 5.91 Å². The van der Waals surface area contributed by atoms with Crippen molar-refractivity contribution in [2.75, 3.05) is 11.1 Å². The number of aryl methyl sites for hydroxylation is 2. The molecular weight excluding hydrogens is 508 g/mol.